The van der Waals surface area contributed by atoms with E-state index in [9.17, 15) is 8.42 Å². The molecule has 0 unspecified atom stereocenters. The van der Waals surface area contributed by atoms with Gasteiger partial charge >= 0.3 is 0 Å². The summed E-state index contributed by atoms with van der Waals surface area (Å²) >= 11 is 0. The molecule has 0 radical (unpaired) electrons. The minimum atomic E-state index is -3.64. The summed E-state index contributed by atoms with van der Waals surface area (Å²) < 4.78 is 26.4. The van der Waals surface area contributed by atoms with Crippen molar-refractivity contribution < 1.29 is 8.42 Å². The second kappa shape index (κ2) is 4.87. The van der Waals surface area contributed by atoms with E-state index in [4.69, 9.17) is 0 Å². The molecule has 80 valence electrons. The molecule has 1 aromatic rings. The SMILES string of the molecule is CC(C)N=C=NS(=O)(=O)c1ccccc1. The second-order valence-corrected chi connectivity index (χ2v) is 4.81. The minimum Gasteiger partial charge on any atom is -0.222 e. The smallest absolute Gasteiger partial charge is 0.222 e. The standard InChI is InChI=1S/C10H12N2O2S/c1-9(2)11-8-12-15(13,14)10-6-4-3-5-7-10/h3-7,9H,1-2H3. The van der Waals surface area contributed by atoms with Crippen LogP contribution in [0.1, 0.15) is 13.8 Å². The molecule has 0 aliphatic heterocycles. The van der Waals surface area contributed by atoms with Crippen molar-refractivity contribution in [3.63, 3.8) is 0 Å². The van der Waals surface area contributed by atoms with Crippen LogP contribution in [0.3, 0.4) is 0 Å². The van der Waals surface area contributed by atoms with E-state index in [0.29, 0.717) is 0 Å². The number of benzene rings is 1. The van der Waals surface area contributed by atoms with Gasteiger partial charge in [0.25, 0.3) is 10.0 Å². The Morgan fingerprint density at radius 3 is 2.33 bits per heavy atom. The number of rotatable bonds is 3. The van der Waals surface area contributed by atoms with E-state index in [1.165, 1.54) is 12.1 Å². The normalized spacial score (nSPS) is 10.9. The Morgan fingerprint density at radius 2 is 1.80 bits per heavy atom. The highest BCUT2D eigenvalue weighted by atomic mass is 32.2. The molecule has 0 amide bonds. The molecule has 0 aliphatic carbocycles. The van der Waals surface area contributed by atoms with Crippen molar-refractivity contribution in [1.82, 2.24) is 0 Å². The van der Waals surface area contributed by atoms with Crippen molar-refractivity contribution in [3.8, 4) is 0 Å². The predicted octanol–water partition coefficient (Wildman–Crippen LogP) is 1.96. The van der Waals surface area contributed by atoms with E-state index in [1.54, 1.807) is 18.2 Å². The van der Waals surface area contributed by atoms with Crippen molar-refractivity contribution in [2.75, 3.05) is 0 Å². The second-order valence-electron chi connectivity index (χ2n) is 3.20. The molecule has 0 heterocycles. The molecule has 0 aliphatic rings. The maximum absolute atomic E-state index is 11.5. The molecule has 0 saturated carbocycles. The zero-order valence-corrected chi connectivity index (χ0v) is 9.40. The van der Waals surface area contributed by atoms with Gasteiger partial charge in [0.2, 0.25) is 0 Å². The molecule has 0 bridgehead atoms. The summed E-state index contributed by atoms with van der Waals surface area (Å²) in [6.45, 7) is 3.63. The van der Waals surface area contributed by atoms with E-state index < -0.39 is 10.0 Å². The van der Waals surface area contributed by atoms with E-state index in [0.717, 1.165) is 0 Å². The van der Waals surface area contributed by atoms with Crippen LogP contribution in [0.5, 0.6) is 0 Å². The van der Waals surface area contributed by atoms with Gasteiger partial charge in [0.05, 0.1) is 10.9 Å². The van der Waals surface area contributed by atoms with Gasteiger partial charge in [-0.05, 0) is 26.0 Å². The summed E-state index contributed by atoms with van der Waals surface area (Å²) in [5, 5.41) is 0. The van der Waals surface area contributed by atoms with Crippen molar-refractivity contribution in [2.45, 2.75) is 24.8 Å². The van der Waals surface area contributed by atoms with E-state index >= 15 is 0 Å². The number of hydrogen-bond donors (Lipinski definition) is 0. The molecule has 1 rings (SSSR count). The lowest BCUT2D eigenvalue weighted by Gasteiger charge is -1.94. The summed E-state index contributed by atoms with van der Waals surface area (Å²) in [6.07, 6.45) is 0. The van der Waals surface area contributed by atoms with Crippen molar-refractivity contribution in [1.29, 1.82) is 0 Å². The zero-order valence-electron chi connectivity index (χ0n) is 8.58. The number of aliphatic imine (C=N–C) groups is 1. The molecular formula is C10H12N2O2S. The highest BCUT2D eigenvalue weighted by Crippen LogP contribution is 2.09. The molecular weight excluding hydrogens is 212 g/mol. The fourth-order valence-corrected chi connectivity index (χ4v) is 1.60. The Labute approximate surface area is 89.4 Å². The Balaban J connectivity index is 3.01. The van der Waals surface area contributed by atoms with E-state index in [2.05, 4.69) is 15.4 Å². The van der Waals surface area contributed by atoms with Crippen LogP contribution < -0.4 is 0 Å². The van der Waals surface area contributed by atoms with Gasteiger partial charge in [0.1, 0.15) is 6.01 Å². The first kappa shape index (κ1) is 11.6. The fourth-order valence-electron chi connectivity index (χ4n) is 0.838. The quantitative estimate of drug-likeness (QED) is 0.737. The first-order chi connectivity index (χ1) is 7.02. The first-order valence-corrected chi connectivity index (χ1v) is 5.93. The zero-order chi connectivity index (χ0) is 11.3. The lowest BCUT2D eigenvalue weighted by molar-refractivity contribution is 0.598. The molecule has 0 aromatic heterocycles. The molecule has 0 saturated heterocycles. The van der Waals surface area contributed by atoms with Gasteiger partial charge in [-0.2, -0.15) is 8.42 Å². The maximum atomic E-state index is 11.5. The summed E-state index contributed by atoms with van der Waals surface area (Å²) in [5.74, 6) is 0. The molecule has 0 atom stereocenters. The van der Waals surface area contributed by atoms with Crippen LogP contribution in [0.4, 0.5) is 0 Å². The third-order valence-electron chi connectivity index (χ3n) is 1.52. The van der Waals surface area contributed by atoms with Crippen LogP contribution in [0.15, 0.2) is 44.6 Å². The van der Waals surface area contributed by atoms with Gasteiger partial charge < -0.3 is 0 Å². The third-order valence-corrected chi connectivity index (χ3v) is 2.71. The summed E-state index contributed by atoms with van der Waals surface area (Å²) in [5.41, 5.74) is 0. The van der Waals surface area contributed by atoms with Crippen LogP contribution in [-0.4, -0.2) is 20.5 Å². The highest BCUT2D eigenvalue weighted by Gasteiger charge is 2.09. The molecule has 1 aromatic carbocycles. The van der Waals surface area contributed by atoms with Crippen LogP contribution >= 0.6 is 0 Å². The van der Waals surface area contributed by atoms with Crippen molar-refractivity contribution in [2.24, 2.45) is 9.39 Å². The number of nitrogens with zero attached hydrogens (tertiary/aromatic N) is 2. The first-order valence-electron chi connectivity index (χ1n) is 4.49. The molecule has 4 nitrogen and oxygen atoms in total. The van der Waals surface area contributed by atoms with Crippen molar-refractivity contribution >= 4 is 16.0 Å². The Morgan fingerprint density at radius 1 is 1.20 bits per heavy atom. The molecule has 0 spiro atoms. The molecule has 0 N–H and O–H groups in total. The third kappa shape index (κ3) is 3.65. The topological polar surface area (TPSA) is 58.9 Å². The van der Waals surface area contributed by atoms with Crippen molar-refractivity contribution in [3.05, 3.63) is 30.3 Å². The van der Waals surface area contributed by atoms with Crippen LogP contribution in [-0.2, 0) is 10.0 Å². The predicted molar refractivity (Wildman–Crippen MR) is 58.6 cm³/mol. The maximum Gasteiger partial charge on any atom is 0.291 e. The number of hydrogen-bond acceptors (Lipinski definition) is 3. The molecule has 5 heteroatoms. The number of sulfonamides is 1. The monoisotopic (exact) mass is 224 g/mol. The van der Waals surface area contributed by atoms with Gasteiger partial charge in [0.15, 0.2) is 0 Å². The summed E-state index contributed by atoms with van der Waals surface area (Å²) in [7, 11) is -3.64. The van der Waals surface area contributed by atoms with Gasteiger partial charge in [-0.1, -0.05) is 22.6 Å². The summed E-state index contributed by atoms with van der Waals surface area (Å²) in [4.78, 5) is 3.89. The lowest BCUT2D eigenvalue weighted by Crippen LogP contribution is -1.95. The van der Waals surface area contributed by atoms with Gasteiger partial charge in [-0.25, -0.2) is 4.99 Å². The fraction of sp³-hybridized carbons (Fsp3) is 0.300. The highest BCUT2D eigenvalue weighted by molar-refractivity contribution is 7.90. The van der Waals surface area contributed by atoms with Crippen LogP contribution in [0.25, 0.3) is 0 Å². The molecule has 0 fully saturated rings. The Hall–Kier alpha value is -1.45. The van der Waals surface area contributed by atoms with Crippen LogP contribution in [0.2, 0.25) is 0 Å². The van der Waals surface area contributed by atoms with Gasteiger partial charge in [0, 0.05) is 0 Å². The Kier molecular flexibility index (Phi) is 3.77. The minimum absolute atomic E-state index is 0.0141. The molecule has 15 heavy (non-hydrogen) atoms. The Bertz CT molecular complexity index is 471. The van der Waals surface area contributed by atoms with Gasteiger partial charge in [-0.3, -0.25) is 0 Å². The average Bonchev–Trinajstić information content (AvgIpc) is 2.18. The lowest BCUT2D eigenvalue weighted by atomic mass is 10.4. The van der Waals surface area contributed by atoms with Gasteiger partial charge in [-0.15, -0.1) is 0 Å². The summed E-state index contributed by atoms with van der Waals surface area (Å²) in [6, 6.07) is 10.2. The van der Waals surface area contributed by atoms with Crippen LogP contribution in [0, 0.1) is 0 Å². The van der Waals surface area contributed by atoms with E-state index in [1.807, 2.05) is 13.8 Å². The van der Waals surface area contributed by atoms with E-state index in [-0.39, 0.29) is 10.9 Å². The largest absolute Gasteiger partial charge is 0.291 e. The average molecular weight is 224 g/mol.